The van der Waals surface area contributed by atoms with Crippen LogP contribution < -0.4 is 0 Å². The quantitative estimate of drug-likeness (QED) is 0.460. The van der Waals surface area contributed by atoms with Gasteiger partial charge >= 0.3 is 11.9 Å². The molecule has 1 atom stereocenters. The summed E-state index contributed by atoms with van der Waals surface area (Å²) in [5, 5.41) is 9.81. The second kappa shape index (κ2) is 10.0. The molecule has 0 saturated carbocycles. The molecule has 0 bridgehead atoms. The molecule has 2 rings (SSSR count). The zero-order valence-electron chi connectivity index (χ0n) is 15.9. The topological polar surface area (TPSA) is 72.8 Å². The maximum absolute atomic E-state index is 12.4. The van der Waals surface area contributed by atoms with Crippen molar-refractivity contribution in [2.45, 2.75) is 51.6 Å². The van der Waals surface area contributed by atoms with Crippen LogP contribution in [0, 0.1) is 5.92 Å². The lowest BCUT2D eigenvalue weighted by Gasteiger charge is -2.25. The van der Waals surface area contributed by atoms with E-state index in [9.17, 15) is 14.7 Å². The molecule has 0 aromatic heterocycles. The van der Waals surface area contributed by atoms with Crippen molar-refractivity contribution in [3.05, 3.63) is 39.9 Å². The molecule has 5 nitrogen and oxygen atoms in total. The van der Waals surface area contributed by atoms with Crippen LogP contribution in [0.25, 0.3) is 6.08 Å². The number of aliphatic hydroxyl groups is 1. The smallest absolute Gasteiger partial charge is 0.334 e. The van der Waals surface area contributed by atoms with Gasteiger partial charge in [0, 0.05) is 16.5 Å². The summed E-state index contributed by atoms with van der Waals surface area (Å²) in [5.74, 6) is -0.916. The molecule has 0 radical (unpaired) electrons. The summed E-state index contributed by atoms with van der Waals surface area (Å²) in [6, 6.07) is 7.53. The summed E-state index contributed by atoms with van der Waals surface area (Å²) < 4.78 is 11.8. The molecule has 27 heavy (non-hydrogen) atoms. The zero-order valence-corrected chi connectivity index (χ0v) is 17.5. The lowest BCUT2D eigenvalue weighted by atomic mass is 9.97. The summed E-state index contributed by atoms with van der Waals surface area (Å²) in [5.41, 5.74) is 0.125. The maximum Gasteiger partial charge on any atom is 0.334 e. The highest BCUT2D eigenvalue weighted by Crippen LogP contribution is 2.33. The Morgan fingerprint density at radius 2 is 1.93 bits per heavy atom. The number of hydrogen-bond acceptors (Lipinski definition) is 5. The van der Waals surface area contributed by atoms with Gasteiger partial charge in [0.15, 0.2) is 5.60 Å². The molecule has 1 N–H and O–H groups in total. The number of ether oxygens (including phenoxy) is 2. The van der Waals surface area contributed by atoms with Crippen molar-refractivity contribution < 1.29 is 24.2 Å². The van der Waals surface area contributed by atoms with E-state index >= 15 is 0 Å². The minimum Gasteiger partial charge on any atom is -0.461 e. The van der Waals surface area contributed by atoms with Gasteiger partial charge in [-0.3, -0.25) is 4.79 Å². The third-order valence-corrected chi connectivity index (χ3v) is 5.20. The van der Waals surface area contributed by atoms with E-state index in [1.165, 1.54) is 0 Å². The normalized spacial score (nSPS) is 20.9. The number of rotatable bonds is 9. The van der Waals surface area contributed by atoms with Crippen molar-refractivity contribution in [3.8, 4) is 0 Å². The number of carbonyl (C=O) groups excluding carboxylic acids is 2. The average molecular weight is 439 g/mol. The molecule has 0 spiro atoms. The van der Waals surface area contributed by atoms with E-state index in [0.717, 1.165) is 35.7 Å². The summed E-state index contributed by atoms with van der Waals surface area (Å²) in [6.45, 7) is 3.54. The van der Waals surface area contributed by atoms with E-state index in [0.29, 0.717) is 5.57 Å². The van der Waals surface area contributed by atoms with Crippen molar-refractivity contribution in [2.24, 2.45) is 5.92 Å². The Morgan fingerprint density at radius 3 is 2.48 bits per heavy atom. The molecule has 1 aliphatic heterocycles. The maximum atomic E-state index is 12.4. The van der Waals surface area contributed by atoms with Gasteiger partial charge in [0.2, 0.25) is 0 Å². The van der Waals surface area contributed by atoms with E-state index in [1.807, 2.05) is 38.1 Å². The standard InChI is InChI=1S/C21H27BrO5/c1-3-5-16(6-4-2)19(24)26-14-21(13-23)12-17(20(25)27-21)11-15-7-9-18(22)10-8-15/h7-11,16,23H,3-6,12-14H2,1-2H3/b17-11+. The van der Waals surface area contributed by atoms with Crippen molar-refractivity contribution in [1.82, 2.24) is 0 Å². The molecule has 1 aliphatic rings. The number of halogens is 1. The number of benzene rings is 1. The van der Waals surface area contributed by atoms with Gasteiger partial charge in [0.05, 0.1) is 12.5 Å². The van der Waals surface area contributed by atoms with Crippen LogP contribution in [0.3, 0.4) is 0 Å². The molecule has 1 aromatic rings. The molecular weight excluding hydrogens is 412 g/mol. The number of cyclic esters (lactones) is 1. The number of hydrogen-bond donors (Lipinski definition) is 1. The molecule has 1 fully saturated rings. The summed E-state index contributed by atoms with van der Waals surface area (Å²) in [7, 11) is 0. The fraction of sp³-hybridized carbons (Fsp3) is 0.524. The van der Waals surface area contributed by atoms with Gasteiger partial charge in [0.25, 0.3) is 0 Å². The molecular formula is C21H27BrO5. The number of carbonyl (C=O) groups is 2. The molecule has 6 heteroatoms. The van der Waals surface area contributed by atoms with Gasteiger partial charge in [-0.2, -0.15) is 0 Å². The summed E-state index contributed by atoms with van der Waals surface area (Å²) in [6.07, 6.45) is 5.30. The molecule has 1 heterocycles. The molecule has 0 aliphatic carbocycles. The number of esters is 2. The Morgan fingerprint density at radius 1 is 1.30 bits per heavy atom. The van der Waals surface area contributed by atoms with E-state index in [1.54, 1.807) is 6.08 Å². The van der Waals surface area contributed by atoms with Crippen LogP contribution in [0.1, 0.15) is 51.5 Å². The second-order valence-electron chi connectivity index (χ2n) is 7.01. The molecule has 0 amide bonds. The fourth-order valence-electron chi connectivity index (χ4n) is 3.20. The van der Waals surface area contributed by atoms with Crippen molar-refractivity contribution in [2.75, 3.05) is 13.2 Å². The van der Waals surface area contributed by atoms with Crippen LogP contribution >= 0.6 is 15.9 Å². The first kappa shape index (κ1) is 21.6. The van der Waals surface area contributed by atoms with Crippen LogP contribution in [0.15, 0.2) is 34.3 Å². The van der Waals surface area contributed by atoms with Crippen LogP contribution in [0.5, 0.6) is 0 Å². The predicted molar refractivity (Wildman–Crippen MR) is 107 cm³/mol. The average Bonchev–Trinajstić information content (AvgIpc) is 2.97. The Kier molecular flexibility index (Phi) is 8.05. The minimum atomic E-state index is -1.20. The van der Waals surface area contributed by atoms with Gasteiger partial charge in [0.1, 0.15) is 6.61 Å². The van der Waals surface area contributed by atoms with Gasteiger partial charge in [-0.1, -0.05) is 54.8 Å². The van der Waals surface area contributed by atoms with E-state index in [4.69, 9.17) is 9.47 Å². The van der Waals surface area contributed by atoms with Gasteiger partial charge in [-0.25, -0.2) is 4.79 Å². The minimum absolute atomic E-state index is 0.129. The SMILES string of the molecule is CCCC(CCC)C(=O)OCC1(CO)C/C(=C\c2ccc(Br)cc2)C(=O)O1. The van der Waals surface area contributed by atoms with Crippen LogP contribution in [0.2, 0.25) is 0 Å². The first-order chi connectivity index (χ1) is 12.9. The van der Waals surface area contributed by atoms with Crippen molar-refractivity contribution in [1.29, 1.82) is 0 Å². The number of aliphatic hydroxyl groups excluding tert-OH is 1. The Bertz CT molecular complexity index is 676. The third kappa shape index (κ3) is 5.91. The van der Waals surface area contributed by atoms with Crippen LogP contribution in [-0.2, 0) is 19.1 Å². The first-order valence-corrected chi connectivity index (χ1v) is 10.2. The lowest BCUT2D eigenvalue weighted by molar-refractivity contribution is -0.169. The lowest BCUT2D eigenvalue weighted by Crippen LogP contribution is -2.40. The van der Waals surface area contributed by atoms with Gasteiger partial charge in [-0.15, -0.1) is 0 Å². The zero-order chi connectivity index (χ0) is 19.9. The Labute approximate surface area is 168 Å². The van der Waals surface area contributed by atoms with Gasteiger partial charge < -0.3 is 14.6 Å². The van der Waals surface area contributed by atoms with Gasteiger partial charge in [-0.05, 0) is 36.6 Å². The largest absolute Gasteiger partial charge is 0.461 e. The molecule has 1 saturated heterocycles. The first-order valence-electron chi connectivity index (χ1n) is 9.40. The molecule has 148 valence electrons. The van der Waals surface area contributed by atoms with Crippen molar-refractivity contribution >= 4 is 33.9 Å². The monoisotopic (exact) mass is 438 g/mol. The highest BCUT2D eigenvalue weighted by atomic mass is 79.9. The predicted octanol–water partition coefficient (Wildman–Crippen LogP) is 4.27. The Hall–Kier alpha value is -1.66. The molecule has 1 unspecified atom stereocenters. The third-order valence-electron chi connectivity index (χ3n) is 4.67. The van der Waals surface area contributed by atoms with E-state index in [2.05, 4.69) is 15.9 Å². The van der Waals surface area contributed by atoms with E-state index < -0.39 is 18.2 Å². The fourth-order valence-corrected chi connectivity index (χ4v) is 3.46. The van der Waals surface area contributed by atoms with Crippen molar-refractivity contribution in [3.63, 3.8) is 0 Å². The Balaban J connectivity index is 2.05. The highest BCUT2D eigenvalue weighted by molar-refractivity contribution is 9.10. The summed E-state index contributed by atoms with van der Waals surface area (Å²) >= 11 is 3.37. The second-order valence-corrected chi connectivity index (χ2v) is 7.93. The molecule has 1 aromatic carbocycles. The van der Waals surface area contributed by atoms with Crippen LogP contribution in [-0.4, -0.2) is 35.9 Å². The summed E-state index contributed by atoms with van der Waals surface area (Å²) in [4.78, 5) is 24.6. The highest BCUT2D eigenvalue weighted by Gasteiger charge is 2.44. The van der Waals surface area contributed by atoms with E-state index in [-0.39, 0.29) is 24.9 Å². The van der Waals surface area contributed by atoms with Crippen LogP contribution in [0.4, 0.5) is 0 Å².